The van der Waals surface area contributed by atoms with Gasteiger partial charge in [0.15, 0.2) is 0 Å². The fraction of sp³-hybridized carbons (Fsp3) is 0.111. The molecule has 0 aromatic heterocycles. The summed E-state index contributed by atoms with van der Waals surface area (Å²) < 4.78 is 67.0. The average Bonchev–Trinajstić information content (AvgIpc) is 2.52. The van der Waals surface area contributed by atoms with Gasteiger partial charge >= 0.3 is 6.18 Å². The molecule has 0 bridgehead atoms. The van der Waals surface area contributed by atoms with Gasteiger partial charge in [0.25, 0.3) is 0 Å². The minimum Gasteiger partial charge on any atom is -0.384 e. The van der Waals surface area contributed by atoms with E-state index in [2.05, 4.69) is 0 Å². The predicted molar refractivity (Wildman–Crippen MR) is 79.4 cm³/mol. The van der Waals surface area contributed by atoms with Gasteiger partial charge in [0.1, 0.15) is 17.7 Å². The molecule has 3 aromatic carbocycles. The quantitative estimate of drug-likeness (QED) is 0.635. The van der Waals surface area contributed by atoms with Gasteiger partial charge in [-0.25, -0.2) is 8.78 Å². The molecule has 0 aliphatic carbocycles. The lowest BCUT2D eigenvalue weighted by Crippen LogP contribution is -2.15. The smallest absolute Gasteiger partial charge is 0.384 e. The van der Waals surface area contributed by atoms with Crippen LogP contribution < -0.4 is 0 Å². The third-order valence-corrected chi connectivity index (χ3v) is 3.80. The first-order valence-electron chi connectivity index (χ1n) is 7.01. The zero-order valence-corrected chi connectivity index (χ0v) is 12.1. The van der Waals surface area contributed by atoms with Gasteiger partial charge in [-0.05, 0) is 40.6 Å². The SMILES string of the molecule is OC(c1c(F)cccc1C(F)(F)F)c1cccc2ccc(F)cc12. The second-order valence-corrected chi connectivity index (χ2v) is 5.31. The number of aliphatic hydroxyl groups excluding tert-OH is 1. The van der Waals surface area contributed by atoms with Gasteiger partial charge in [-0.3, -0.25) is 0 Å². The number of alkyl halides is 3. The van der Waals surface area contributed by atoms with Crippen LogP contribution in [0.1, 0.15) is 22.8 Å². The van der Waals surface area contributed by atoms with Crippen molar-refractivity contribution in [3.63, 3.8) is 0 Å². The Labute approximate surface area is 134 Å². The molecule has 1 N–H and O–H groups in total. The lowest BCUT2D eigenvalue weighted by Gasteiger charge is -2.20. The van der Waals surface area contributed by atoms with Crippen molar-refractivity contribution >= 4 is 10.8 Å². The fourth-order valence-corrected chi connectivity index (χ4v) is 2.73. The highest BCUT2D eigenvalue weighted by Gasteiger charge is 2.37. The highest BCUT2D eigenvalue weighted by molar-refractivity contribution is 5.86. The van der Waals surface area contributed by atoms with Crippen molar-refractivity contribution < 1.29 is 27.1 Å². The topological polar surface area (TPSA) is 20.2 Å². The Hall–Kier alpha value is -2.47. The molecule has 3 rings (SSSR count). The second kappa shape index (κ2) is 5.87. The van der Waals surface area contributed by atoms with E-state index in [0.29, 0.717) is 11.5 Å². The van der Waals surface area contributed by atoms with E-state index in [1.807, 2.05) is 0 Å². The molecular formula is C18H11F5O. The van der Waals surface area contributed by atoms with Crippen molar-refractivity contribution in [2.45, 2.75) is 12.3 Å². The molecule has 124 valence electrons. The van der Waals surface area contributed by atoms with Gasteiger partial charge in [-0.2, -0.15) is 13.2 Å². The summed E-state index contributed by atoms with van der Waals surface area (Å²) in [6.07, 6.45) is -6.71. The maximum atomic E-state index is 14.1. The molecule has 3 aromatic rings. The minimum atomic E-state index is -4.83. The van der Waals surface area contributed by atoms with Crippen molar-refractivity contribution in [1.82, 2.24) is 0 Å². The average molecular weight is 338 g/mol. The maximum absolute atomic E-state index is 14.1. The summed E-state index contributed by atoms with van der Waals surface area (Å²) in [5, 5.41) is 11.2. The van der Waals surface area contributed by atoms with Crippen LogP contribution in [0.2, 0.25) is 0 Å². The van der Waals surface area contributed by atoms with Crippen molar-refractivity contribution in [1.29, 1.82) is 0 Å². The van der Waals surface area contributed by atoms with Gasteiger partial charge in [0, 0.05) is 5.56 Å². The Morgan fingerprint density at radius 2 is 1.58 bits per heavy atom. The number of aliphatic hydroxyl groups is 1. The summed E-state index contributed by atoms with van der Waals surface area (Å²) >= 11 is 0. The Morgan fingerprint density at radius 3 is 2.29 bits per heavy atom. The van der Waals surface area contributed by atoms with E-state index in [4.69, 9.17) is 0 Å². The molecule has 0 radical (unpaired) electrons. The first kappa shape index (κ1) is 16.4. The van der Waals surface area contributed by atoms with Gasteiger partial charge in [0.05, 0.1) is 5.56 Å². The van der Waals surface area contributed by atoms with Gasteiger partial charge in [0.2, 0.25) is 0 Å². The third kappa shape index (κ3) is 2.85. The summed E-state index contributed by atoms with van der Waals surface area (Å²) in [4.78, 5) is 0. The van der Waals surface area contributed by atoms with E-state index in [1.54, 1.807) is 6.07 Å². The van der Waals surface area contributed by atoms with Crippen molar-refractivity contribution in [2.24, 2.45) is 0 Å². The van der Waals surface area contributed by atoms with E-state index in [-0.39, 0.29) is 10.9 Å². The summed E-state index contributed by atoms with van der Waals surface area (Å²) in [5.41, 5.74) is -2.13. The van der Waals surface area contributed by atoms with E-state index in [9.17, 15) is 27.1 Å². The van der Waals surface area contributed by atoms with Crippen LogP contribution in [-0.4, -0.2) is 5.11 Å². The zero-order chi connectivity index (χ0) is 17.5. The Bertz CT molecular complexity index is 902. The molecule has 1 atom stereocenters. The van der Waals surface area contributed by atoms with Crippen LogP contribution in [0, 0.1) is 11.6 Å². The standard InChI is InChI=1S/C18H11F5O/c19-11-8-7-10-3-1-4-12(13(10)9-11)17(24)16-14(18(21,22)23)5-2-6-15(16)20/h1-9,17,24H. The van der Waals surface area contributed by atoms with Crippen LogP contribution in [0.3, 0.4) is 0 Å². The molecule has 0 aliphatic heterocycles. The normalized spacial score (nSPS) is 13.2. The second-order valence-electron chi connectivity index (χ2n) is 5.31. The van der Waals surface area contributed by atoms with Crippen LogP contribution >= 0.6 is 0 Å². The summed E-state index contributed by atoms with van der Waals surface area (Å²) in [5.74, 6) is -1.78. The lowest BCUT2D eigenvalue weighted by molar-refractivity contribution is -0.139. The number of halogens is 5. The first-order chi connectivity index (χ1) is 11.3. The first-order valence-corrected chi connectivity index (χ1v) is 7.01. The minimum absolute atomic E-state index is 0.00241. The van der Waals surface area contributed by atoms with Crippen LogP contribution in [0.15, 0.2) is 54.6 Å². The van der Waals surface area contributed by atoms with Crippen LogP contribution in [0.5, 0.6) is 0 Å². The lowest BCUT2D eigenvalue weighted by atomic mass is 9.92. The summed E-state index contributed by atoms with van der Waals surface area (Å²) in [6.45, 7) is 0. The molecule has 1 nitrogen and oxygen atoms in total. The predicted octanol–water partition coefficient (Wildman–Crippen LogP) is 5.22. The molecule has 0 saturated carbocycles. The highest BCUT2D eigenvalue weighted by atomic mass is 19.4. The highest BCUT2D eigenvalue weighted by Crippen LogP contribution is 2.39. The van der Waals surface area contributed by atoms with E-state index in [1.165, 1.54) is 24.3 Å². The van der Waals surface area contributed by atoms with Crippen LogP contribution in [0.25, 0.3) is 10.8 Å². The number of hydrogen-bond donors (Lipinski definition) is 1. The summed E-state index contributed by atoms with van der Waals surface area (Å²) in [7, 11) is 0. The molecule has 0 fully saturated rings. The van der Waals surface area contributed by atoms with Gasteiger partial charge in [-0.1, -0.05) is 30.3 Å². The summed E-state index contributed by atoms with van der Waals surface area (Å²) in [6, 6.07) is 10.7. The van der Waals surface area contributed by atoms with Crippen LogP contribution in [0.4, 0.5) is 22.0 Å². The molecule has 0 aliphatic rings. The molecule has 0 spiro atoms. The number of hydrogen-bond acceptors (Lipinski definition) is 1. The molecule has 0 amide bonds. The van der Waals surface area contributed by atoms with E-state index >= 15 is 0 Å². The molecular weight excluding hydrogens is 327 g/mol. The van der Waals surface area contributed by atoms with Crippen molar-refractivity contribution in [2.75, 3.05) is 0 Å². The molecule has 0 heterocycles. The number of benzene rings is 3. The number of fused-ring (bicyclic) bond motifs is 1. The molecule has 6 heteroatoms. The Morgan fingerprint density at radius 1 is 0.875 bits per heavy atom. The Balaban J connectivity index is 2.25. The zero-order valence-electron chi connectivity index (χ0n) is 12.1. The van der Waals surface area contributed by atoms with Crippen molar-refractivity contribution in [3.8, 4) is 0 Å². The molecule has 24 heavy (non-hydrogen) atoms. The Kier molecular flexibility index (Phi) is 4.01. The van der Waals surface area contributed by atoms with Gasteiger partial charge in [-0.15, -0.1) is 0 Å². The van der Waals surface area contributed by atoms with E-state index < -0.39 is 35.0 Å². The largest absolute Gasteiger partial charge is 0.416 e. The molecule has 0 saturated heterocycles. The monoisotopic (exact) mass is 338 g/mol. The third-order valence-electron chi connectivity index (χ3n) is 3.80. The van der Waals surface area contributed by atoms with Crippen molar-refractivity contribution in [3.05, 3.63) is 82.9 Å². The maximum Gasteiger partial charge on any atom is 0.416 e. The van der Waals surface area contributed by atoms with Crippen LogP contribution in [-0.2, 0) is 6.18 Å². The van der Waals surface area contributed by atoms with Gasteiger partial charge < -0.3 is 5.11 Å². The number of rotatable bonds is 2. The fourth-order valence-electron chi connectivity index (χ4n) is 2.73. The molecule has 1 unspecified atom stereocenters. The van der Waals surface area contributed by atoms with E-state index in [0.717, 1.165) is 18.2 Å².